The lowest BCUT2D eigenvalue weighted by Crippen LogP contribution is -2.46. The van der Waals surface area contributed by atoms with E-state index in [1.165, 1.54) is 0 Å². The van der Waals surface area contributed by atoms with Gasteiger partial charge in [0.15, 0.2) is 0 Å². The number of hydrogen-bond donors (Lipinski definition) is 1. The SMILES string of the molecule is O=CN1CCN(c2nccc(C(=O)Nc3ccccc3Br)n2)CC1. The van der Waals surface area contributed by atoms with Crippen molar-refractivity contribution < 1.29 is 9.59 Å². The van der Waals surface area contributed by atoms with Gasteiger partial charge in [0.05, 0.1) is 5.69 Å². The average Bonchev–Trinajstić information content (AvgIpc) is 2.64. The molecule has 0 atom stereocenters. The lowest BCUT2D eigenvalue weighted by atomic mass is 10.3. The predicted molar refractivity (Wildman–Crippen MR) is 94.0 cm³/mol. The molecule has 0 bridgehead atoms. The highest BCUT2D eigenvalue weighted by Crippen LogP contribution is 2.22. The predicted octanol–water partition coefficient (Wildman–Crippen LogP) is 1.77. The molecule has 3 rings (SSSR count). The van der Waals surface area contributed by atoms with Crippen LogP contribution in [0.15, 0.2) is 41.0 Å². The summed E-state index contributed by atoms with van der Waals surface area (Å²) in [5, 5.41) is 2.82. The Labute approximate surface area is 147 Å². The molecule has 124 valence electrons. The molecule has 1 aliphatic heterocycles. The number of benzene rings is 1. The largest absolute Gasteiger partial charge is 0.342 e. The third kappa shape index (κ3) is 3.70. The highest BCUT2D eigenvalue weighted by molar-refractivity contribution is 9.10. The maximum absolute atomic E-state index is 12.4. The first kappa shape index (κ1) is 16.4. The fourth-order valence-corrected chi connectivity index (χ4v) is 2.79. The van der Waals surface area contributed by atoms with Crippen LogP contribution in [-0.4, -0.2) is 53.4 Å². The Bertz CT molecular complexity index is 747. The van der Waals surface area contributed by atoms with Crippen molar-refractivity contribution in [3.8, 4) is 0 Å². The second-order valence-electron chi connectivity index (χ2n) is 5.30. The highest BCUT2D eigenvalue weighted by Gasteiger charge is 2.19. The minimum absolute atomic E-state index is 0.294. The molecule has 1 aliphatic rings. The van der Waals surface area contributed by atoms with Gasteiger partial charge in [-0.1, -0.05) is 12.1 Å². The van der Waals surface area contributed by atoms with E-state index in [1.807, 2.05) is 29.2 Å². The second kappa shape index (κ2) is 7.39. The lowest BCUT2D eigenvalue weighted by Gasteiger charge is -2.32. The molecule has 1 saturated heterocycles. The second-order valence-corrected chi connectivity index (χ2v) is 6.16. The zero-order valence-corrected chi connectivity index (χ0v) is 14.4. The minimum Gasteiger partial charge on any atom is -0.342 e. The zero-order chi connectivity index (χ0) is 16.9. The normalized spacial score (nSPS) is 14.4. The van der Waals surface area contributed by atoms with E-state index in [0.717, 1.165) is 10.9 Å². The van der Waals surface area contributed by atoms with Crippen LogP contribution < -0.4 is 10.2 Å². The molecule has 8 heteroatoms. The van der Waals surface area contributed by atoms with Crippen molar-refractivity contribution in [1.29, 1.82) is 0 Å². The molecule has 0 unspecified atom stereocenters. The minimum atomic E-state index is -0.294. The van der Waals surface area contributed by atoms with Crippen LogP contribution >= 0.6 is 15.9 Å². The lowest BCUT2D eigenvalue weighted by molar-refractivity contribution is -0.118. The van der Waals surface area contributed by atoms with Crippen LogP contribution in [0.25, 0.3) is 0 Å². The third-order valence-corrected chi connectivity index (χ3v) is 4.44. The number of hydrogen-bond acceptors (Lipinski definition) is 5. The Morgan fingerprint density at radius 3 is 2.62 bits per heavy atom. The van der Waals surface area contributed by atoms with Crippen molar-refractivity contribution in [3.63, 3.8) is 0 Å². The van der Waals surface area contributed by atoms with Crippen molar-refractivity contribution in [2.75, 3.05) is 36.4 Å². The van der Waals surface area contributed by atoms with Crippen molar-refractivity contribution in [2.24, 2.45) is 0 Å². The Morgan fingerprint density at radius 1 is 1.17 bits per heavy atom. The zero-order valence-electron chi connectivity index (χ0n) is 12.9. The fraction of sp³-hybridized carbons (Fsp3) is 0.250. The van der Waals surface area contributed by atoms with E-state index in [4.69, 9.17) is 0 Å². The molecule has 7 nitrogen and oxygen atoms in total. The molecule has 2 heterocycles. The summed E-state index contributed by atoms with van der Waals surface area (Å²) < 4.78 is 0.803. The first-order chi connectivity index (χ1) is 11.7. The Kier molecular flexibility index (Phi) is 5.05. The van der Waals surface area contributed by atoms with Gasteiger partial charge in [0.25, 0.3) is 5.91 Å². The number of rotatable bonds is 4. The first-order valence-electron chi connectivity index (χ1n) is 7.50. The summed E-state index contributed by atoms with van der Waals surface area (Å²) in [6, 6.07) is 8.97. The number of aromatic nitrogens is 2. The van der Waals surface area contributed by atoms with E-state index in [9.17, 15) is 9.59 Å². The molecule has 1 aromatic carbocycles. The van der Waals surface area contributed by atoms with Crippen molar-refractivity contribution >= 4 is 39.9 Å². The molecule has 0 saturated carbocycles. The van der Waals surface area contributed by atoms with Gasteiger partial charge in [-0.2, -0.15) is 0 Å². The van der Waals surface area contributed by atoms with Crippen molar-refractivity contribution in [2.45, 2.75) is 0 Å². The number of nitrogens with one attached hydrogen (secondary N) is 1. The maximum Gasteiger partial charge on any atom is 0.274 e. The maximum atomic E-state index is 12.4. The number of anilines is 2. The van der Waals surface area contributed by atoms with E-state index in [0.29, 0.717) is 43.5 Å². The summed E-state index contributed by atoms with van der Waals surface area (Å²) in [6.07, 6.45) is 2.42. The fourth-order valence-electron chi connectivity index (χ4n) is 2.40. The molecule has 2 amide bonds. The number of halogens is 1. The summed E-state index contributed by atoms with van der Waals surface area (Å²) >= 11 is 3.40. The Morgan fingerprint density at radius 2 is 1.92 bits per heavy atom. The number of carbonyl (C=O) groups is 2. The number of carbonyl (C=O) groups excluding carboxylic acids is 2. The van der Waals surface area contributed by atoms with Crippen LogP contribution in [0.5, 0.6) is 0 Å². The van der Waals surface area contributed by atoms with Crippen LogP contribution in [0, 0.1) is 0 Å². The number of amides is 2. The quantitative estimate of drug-likeness (QED) is 0.806. The Balaban J connectivity index is 1.72. The van der Waals surface area contributed by atoms with Gasteiger partial charge in [0.2, 0.25) is 12.4 Å². The van der Waals surface area contributed by atoms with E-state index in [-0.39, 0.29) is 5.91 Å². The van der Waals surface area contributed by atoms with Crippen molar-refractivity contribution in [3.05, 3.63) is 46.7 Å². The monoisotopic (exact) mass is 389 g/mol. The van der Waals surface area contributed by atoms with Crippen LogP contribution in [0.3, 0.4) is 0 Å². The van der Waals surface area contributed by atoms with Crippen LogP contribution in [-0.2, 0) is 4.79 Å². The number of nitrogens with zero attached hydrogens (tertiary/aromatic N) is 4. The molecule has 1 aromatic heterocycles. The molecule has 0 radical (unpaired) electrons. The van der Waals surface area contributed by atoms with Gasteiger partial charge < -0.3 is 15.1 Å². The molecular weight excluding hydrogens is 374 g/mol. The van der Waals surface area contributed by atoms with E-state index in [2.05, 4.69) is 31.2 Å². The molecule has 24 heavy (non-hydrogen) atoms. The summed E-state index contributed by atoms with van der Waals surface area (Å²) in [5.74, 6) is 0.206. The van der Waals surface area contributed by atoms with E-state index < -0.39 is 0 Å². The molecule has 0 aliphatic carbocycles. The van der Waals surface area contributed by atoms with Crippen LogP contribution in [0.2, 0.25) is 0 Å². The number of para-hydroxylation sites is 1. The van der Waals surface area contributed by atoms with Gasteiger partial charge in [-0.3, -0.25) is 9.59 Å². The summed E-state index contributed by atoms with van der Waals surface area (Å²) in [5.41, 5.74) is 0.982. The van der Waals surface area contributed by atoms with Gasteiger partial charge in [-0.25, -0.2) is 9.97 Å². The topological polar surface area (TPSA) is 78.4 Å². The van der Waals surface area contributed by atoms with E-state index >= 15 is 0 Å². The molecule has 2 aromatic rings. The van der Waals surface area contributed by atoms with Gasteiger partial charge >= 0.3 is 0 Å². The average molecular weight is 390 g/mol. The molecular formula is C16H16BrN5O2. The molecule has 1 fully saturated rings. The van der Waals surface area contributed by atoms with Gasteiger partial charge in [0.1, 0.15) is 5.69 Å². The smallest absolute Gasteiger partial charge is 0.274 e. The van der Waals surface area contributed by atoms with Crippen LogP contribution in [0.1, 0.15) is 10.5 Å². The summed E-state index contributed by atoms with van der Waals surface area (Å²) in [6.45, 7) is 2.54. The van der Waals surface area contributed by atoms with Gasteiger partial charge in [-0.05, 0) is 34.1 Å². The highest BCUT2D eigenvalue weighted by atomic mass is 79.9. The van der Waals surface area contributed by atoms with Crippen LogP contribution in [0.4, 0.5) is 11.6 Å². The van der Waals surface area contributed by atoms with E-state index in [1.54, 1.807) is 17.2 Å². The van der Waals surface area contributed by atoms with Gasteiger partial charge in [-0.15, -0.1) is 0 Å². The van der Waals surface area contributed by atoms with Crippen molar-refractivity contribution in [1.82, 2.24) is 14.9 Å². The third-order valence-electron chi connectivity index (χ3n) is 3.74. The first-order valence-corrected chi connectivity index (χ1v) is 8.30. The van der Waals surface area contributed by atoms with Gasteiger partial charge in [0, 0.05) is 36.8 Å². The Hall–Kier alpha value is -2.48. The molecule has 0 spiro atoms. The number of piperazine rings is 1. The summed E-state index contributed by atoms with van der Waals surface area (Å²) in [7, 11) is 0. The standard InChI is InChI=1S/C16H16BrN5O2/c17-12-3-1-2-4-13(12)19-15(24)14-5-6-18-16(20-14)22-9-7-21(11-23)8-10-22/h1-6,11H,7-10H2,(H,19,24). The molecule has 1 N–H and O–H groups in total. The summed E-state index contributed by atoms with van der Waals surface area (Å²) in [4.78, 5) is 35.4.